The van der Waals surface area contributed by atoms with Gasteiger partial charge in [-0.25, -0.2) is 9.97 Å². The maximum absolute atomic E-state index is 12.5. The van der Waals surface area contributed by atoms with Gasteiger partial charge in [-0.1, -0.05) is 12.1 Å². The molecule has 6 nitrogen and oxygen atoms in total. The quantitative estimate of drug-likeness (QED) is 0.663. The lowest BCUT2D eigenvalue weighted by atomic mass is 10.1. The highest BCUT2D eigenvalue weighted by molar-refractivity contribution is 6.03. The van der Waals surface area contributed by atoms with Crippen LogP contribution >= 0.6 is 0 Å². The number of rotatable bonds is 5. The highest BCUT2D eigenvalue weighted by atomic mass is 16.2. The van der Waals surface area contributed by atoms with Crippen LogP contribution in [0.1, 0.15) is 38.9 Å². The molecule has 0 aliphatic heterocycles. The number of benzene rings is 2. The molecule has 0 saturated carbocycles. The third-order valence-corrected chi connectivity index (χ3v) is 4.10. The zero-order valence-electron chi connectivity index (χ0n) is 15.4. The molecular weight excluding hydrogens is 340 g/mol. The van der Waals surface area contributed by atoms with Gasteiger partial charge < -0.3 is 10.6 Å². The number of anilines is 3. The van der Waals surface area contributed by atoms with Crippen molar-refractivity contribution in [3.05, 3.63) is 77.2 Å². The SMILES string of the molecule is CC(=O)c1ccc(NC(=O)c2cc(Nc3cc(C)ccc3C)ncn2)cc1. The van der Waals surface area contributed by atoms with Gasteiger partial charge in [0.2, 0.25) is 0 Å². The van der Waals surface area contributed by atoms with E-state index in [1.807, 2.05) is 32.0 Å². The van der Waals surface area contributed by atoms with E-state index < -0.39 is 0 Å². The summed E-state index contributed by atoms with van der Waals surface area (Å²) in [5.74, 6) is 0.165. The monoisotopic (exact) mass is 360 g/mol. The van der Waals surface area contributed by atoms with Crippen molar-refractivity contribution in [2.45, 2.75) is 20.8 Å². The highest BCUT2D eigenvalue weighted by Crippen LogP contribution is 2.21. The first kappa shape index (κ1) is 18.3. The molecule has 0 atom stereocenters. The molecule has 27 heavy (non-hydrogen) atoms. The summed E-state index contributed by atoms with van der Waals surface area (Å²) >= 11 is 0. The van der Waals surface area contributed by atoms with Gasteiger partial charge in [-0.15, -0.1) is 0 Å². The zero-order valence-corrected chi connectivity index (χ0v) is 15.4. The van der Waals surface area contributed by atoms with Crippen molar-refractivity contribution in [3.8, 4) is 0 Å². The summed E-state index contributed by atoms with van der Waals surface area (Å²) in [5, 5.41) is 5.99. The predicted molar refractivity (Wildman–Crippen MR) is 106 cm³/mol. The third kappa shape index (κ3) is 4.55. The number of hydrogen-bond donors (Lipinski definition) is 2. The van der Waals surface area contributed by atoms with Crippen molar-refractivity contribution in [1.29, 1.82) is 0 Å². The van der Waals surface area contributed by atoms with Gasteiger partial charge in [0.05, 0.1) is 0 Å². The molecular formula is C21H20N4O2. The minimum Gasteiger partial charge on any atom is -0.340 e. The van der Waals surface area contributed by atoms with E-state index in [2.05, 4.69) is 20.6 Å². The van der Waals surface area contributed by atoms with Gasteiger partial charge in [0.15, 0.2) is 5.78 Å². The van der Waals surface area contributed by atoms with Gasteiger partial charge in [-0.05, 0) is 62.2 Å². The smallest absolute Gasteiger partial charge is 0.274 e. The van der Waals surface area contributed by atoms with E-state index in [9.17, 15) is 9.59 Å². The van der Waals surface area contributed by atoms with Crippen molar-refractivity contribution >= 4 is 28.9 Å². The number of carbonyl (C=O) groups excluding carboxylic acids is 2. The van der Waals surface area contributed by atoms with Crippen LogP contribution in [-0.4, -0.2) is 21.7 Å². The molecule has 1 aromatic heterocycles. The highest BCUT2D eigenvalue weighted by Gasteiger charge is 2.10. The Kier molecular flexibility index (Phi) is 5.26. The Morgan fingerprint density at radius 1 is 0.926 bits per heavy atom. The molecule has 2 aromatic carbocycles. The van der Waals surface area contributed by atoms with Gasteiger partial charge in [0.25, 0.3) is 5.91 Å². The molecule has 1 heterocycles. The average molecular weight is 360 g/mol. The number of aryl methyl sites for hydroxylation is 2. The van der Waals surface area contributed by atoms with Crippen LogP contribution in [0.3, 0.4) is 0 Å². The van der Waals surface area contributed by atoms with E-state index >= 15 is 0 Å². The van der Waals surface area contributed by atoms with Gasteiger partial charge in [0.1, 0.15) is 17.8 Å². The van der Waals surface area contributed by atoms with Crippen molar-refractivity contribution in [1.82, 2.24) is 9.97 Å². The molecule has 0 fully saturated rings. The predicted octanol–water partition coefficient (Wildman–Crippen LogP) is 4.29. The van der Waals surface area contributed by atoms with Crippen LogP contribution in [0.4, 0.5) is 17.2 Å². The molecule has 0 spiro atoms. The van der Waals surface area contributed by atoms with Crippen LogP contribution in [-0.2, 0) is 0 Å². The molecule has 0 aliphatic rings. The average Bonchev–Trinajstić information content (AvgIpc) is 2.65. The minimum absolute atomic E-state index is 0.0224. The lowest BCUT2D eigenvalue weighted by molar-refractivity contribution is 0.101. The van der Waals surface area contributed by atoms with Crippen molar-refractivity contribution in [2.75, 3.05) is 10.6 Å². The van der Waals surface area contributed by atoms with Crippen molar-refractivity contribution in [3.63, 3.8) is 0 Å². The van der Waals surface area contributed by atoms with Crippen LogP contribution in [0.25, 0.3) is 0 Å². The molecule has 0 bridgehead atoms. The Balaban J connectivity index is 1.75. The Hall–Kier alpha value is -3.54. The number of hydrogen-bond acceptors (Lipinski definition) is 5. The third-order valence-electron chi connectivity index (χ3n) is 4.10. The van der Waals surface area contributed by atoms with E-state index in [4.69, 9.17) is 0 Å². The molecule has 136 valence electrons. The number of carbonyl (C=O) groups is 2. The first-order valence-electron chi connectivity index (χ1n) is 8.51. The second-order valence-electron chi connectivity index (χ2n) is 6.32. The Bertz CT molecular complexity index is 997. The summed E-state index contributed by atoms with van der Waals surface area (Å²) in [6.45, 7) is 5.51. The lowest BCUT2D eigenvalue weighted by Gasteiger charge is -2.11. The lowest BCUT2D eigenvalue weighted by Crippen LogP contribution is -2.14. The van der Waals surface area contributed by atoms with Gasteiger partial charge in [-0.2, -0.15) is 0 Å². The fourth-order valence-corrected chi connectivity index (χ4v) is 2.54. The normalized spacial score (nSPS) is 10.3. The Labute approximate surface area is 157 Å². The van der Waals surface area contributed by atoms with E-state index in [1.54, 1.807) is 30.3 Å². The summed E-state index contributed by atoms with van der Waals surface area (Å²) in [5.41, 5.74) is 4.57. The summed E-state index contributed by atoms with van der Waals surface area (Å²) in [7, 11) is 0. The molecule has 2 N–H and O–H groups in total. The second kappa shape index (κ2) is 7.78. The molecule has 0 radical (unpaired) electrons. The summed E-state index contributed by atoms with van der Waals surface area (Å²) in [6, 6.07) is 14.4. The van der Waals surface area contributed by atoms with Gasteiger partial charge >= 0.3 is 0 Å². The maximum Gasteiger partial charge on any atom is 0.274 e. The number of amides is 1. The van der Waals surface area contributed by atoms with Crippen LogP contribution < -0.4 is 10.6 Å². The van der Waals surface area contributed by atoms with Crippen LogP contribution in [0.15, 0.2) is 54.9 Å². The molecule has 3 rings (SSSR count). The molecule has 0 saturated heterocycles. The first-order valence-corrected chi connectivity index (χ1v) is 8.51. The fraction of sp³-hybridized carbons (Fsp3) is 0.143. The second-order valence-corrected chi connectivity index (χ2v) is 6.32. The molecule has 3 aromatic rings. The number of Topliss-reactive ketones (excluding diaryl/α,β-unsaturated/α-hetero) is 1. The standard InChI is InChI=1S/C21H20N4O2/c1-13-4-5-14(2)18(10-13)25-20-11-19(22-12-23-20)21(27)24-17-8-6-16(7-9-17)15(3)26/h4-12H,1-3H3,(H,24,27)(H,22,23,25). The van der Waals surface area contributed by atoms with Crippen LogP contribution in [0.2, 0.25) is 0 Å². The number of aromatic nitrogens is 2. The van der Waals surface area contributed by atoms with Gasteiger partial charge in [-0.3, -0.25) is 9.59 Å². The summed E-state index contributed by atoms with van der Waals surface area (Å²) < 4.78 is 0. The first-order chi connectivity index (χ1) is 12.9. The minimum atomic E-state index is -0.350. The number of nitrogens with one attached hydrogen (secondary N) is 2. The Morgan fingerprint density at radius 2 is 1.67 bits per heavy atom. The molecule has 6 heteroatoms. The van der Waals surface area contributed by atoms with E-state index in [1.165, 1.54) is 13.3 Å². The van der Waals surface area contributed by atoms with Crippen molar-refractivity contribution in [2.24, 2.45) is 0 Å². The zero-order chi connectivity index (χ0) is 19.4. The molecule has 0 unspecified atom stereocenters. The maximum atomic E-state index is 12.5. The summed E-state index contributed by atoms with van der Waals surface area (Å²) in [6.07, 6.45) is 1.35. The topological polar surface area (TPSA) is 84.0 Å². The number of nitrogens with zero attached hydrogens (tertiary/aromatic N) is 2. The largest absolute Gasteiger partial charge is 0.340 e. The van der Waals surface area contributed by atoms with Crippen LogP contribution in [0.5, 0.6) is 0 Å². The van der Waals surface area contributed by atoms with Gasteiger partial charge in [0, 0.05) is 23.0 Å². The summed E-state index contributed by atoms with van der Waals surface area (Å²) in [4.78, 5) is 32.0. The fourth-order valence-electron chi connectivity index (χ4n) is 2.54. The molecule has 1 amide bonds. The van der Waals surface area contributed by atoms with E-state index in [0.717, 1.165) is 16.8 Å². The Morgan fingerprint density at radius 3 is 2.37 bits per heavy atom. The van der Waals surface area contributed by atoms with Crippen LogP contribution in [0, 0.1) is 13.8 Å². The number of ketones is 1. The van der Waals surface area contributed by atoms with Crippen molar-refractivity contribution < 1.29 is 9.59 Å². The molecule has 0 aliphatic carbocycles. The van der Waals surface area contributed by atoms with E-state index in [-0.39, 0.29) is 17.4 Å². The van der Waals surface area contributed by atoms with E-state index in [0.29, 0.717) is 17.1 Å².